The number of nitrogens with one attached hydrogen (secondary N) is 1. The summed E-state index contributed by atoms with van der Waals surface area (Å²) in [4.78, 5) is 35.1. The molecule has 0 radical (unpaired) electrons. The van der Waals surface area contributed by atoms with Crippen LogP contribution in [-0.2, 0) is 9.59 Å². The van der Waals surface area contributed by atoms with Gasteiger partial charge in [0.15, 0.2) is 11.6 Å². The van der Waals surface area contributed by atoms with Crippen molar-refractivity contribution in [3.8, 4) is 0 Å². The molecule has 1 aliphatic carbocycles. The number of nitrogens with two attached hydrogens (primary N) is 1. The molecule has 1 fully saturated rings. The van der Waals surface area contributed by atoms with Crippen molar-refractivity contribution in [1.82, 2.24) is 5.32 Å². The molecule has 3 N–H and O–H groups in total. The summed E-state index contributed by atoms with van der Waals surface area (Å²) in [5.74, 6) is -4.06. The third-order valence-corrected chi connectivity index (χ3v) is 3.77. The van der Waals surface area contributed by atoms with Gasteiger partial charge in [0.2, 0.25) is 5.91 Å². The molecule has 1 saturated carbocycles. The van der Waals surface area contributed by atoms with Crippen LogP contribution in [0.3, 0.4) is 0 Å². The number of carbonyl (C=O) groups is 3. The van der Waals surface area contributed by atoms with Crippen LogP contribution in [0.1, 0.15) is 36.0 Å². The summed E-state index contributed by atoms with van der Waals surface area (Å²) in [6.45, 7) is 0. The van der Waals surface area contributed by atoms with Gasteiger partial charge in [0.25, 0.3) is 5.91 Å². The number of halogens is 2. The van der Waals surface area contributed by atoms with E-state index in [2.05, 4.69) is 5.32 Å². The first-order chi connectivity index (χ1) is 10.4. The Morgan fingerprint density at radius 1 is 1.27 bits per heavy atom. The fraction of sp³-hybridized carbons (Fsp3) is 0.400. The van der Waals surface area contributed by atoms with Gasteiger partial charge in [-0.1, -0.05) is 0 Å². The predicted octanol–water partition coefficient (Wildman–Crippen LogP) is 1.31. The second-order valence-electron chi connectivity index (χ2n) is 5.38. The third-order valence-electron chi connectivity index (χ3n) is 3.77. The van der Waals surface area contributed by atoms with Crippen molar-refractivity contribution in [3.05, 3.63) is 35.4 Å². The molecule has 0 heterocycles. The van der Waals surface area contributed by atoms with Crippen LogP contribution >= 0.6 is 0 Å². The van der Waals surface area contributed by atoms with E-state index in [-0.39, 0.29) is 23.7 Å². The Morgan fingerprint density at radius 2 is 2.00 bits per heavy atom. The van der Waals surface area contributed by atoms with Crippen molar-refractivity contribution < 1.29 is 23.2 Å². The molecule has 1 aromatic rings. The van der Waals surface area contributed by atoms with Crippen molar-refractivity contribution >= 4 is 17.6 Å². The number of primary amides is 1. The number of carbonyl (C=O) groups excluding carboxylic acids is 3. The average molecular weight is 310 g/mol. The monoisotopic (exact) mass is 310 g/mol. The molecule has 22 heavy (non-hydrogen) atoms. The average Bonchev–Trinajstić information content (AvgIpc) is 2.47. The standard InChI is InChI=1S/C15H16F2N2O3/c16-11-5-4-9(7-12(11)17)15(22)19-13(14(18)21)8-2-1-3-10(20)6-8/h4-5,7-8,13H,1-3,6H2,(H2,18,21)(H,19,22)/t8-,13+/m0/s1. The molecular weight excluding hydrogens is 294 g/mol. The largest absolute Gasteiger partial charge is 0.368 e. The summed E-state index contributed by atoms with van der Waals surface area (Å²) >= 11 is 0. The first-order valence-corrected chi connectivity index (χ1v) is 6.95. The normalized spacial score (nSPS) is 19.5. The van der Waals surface area contributed by atoms with Gasteiger partial charge in [-0.05, 0) is 37.0 Å². The highest BCUT2D eigenvalue weighted by atomic mass is 19.2. The minimum atomic E-state index is -1.16. The van der Waals surface area contributed by atoms with E-state index in [1.54, 1.807) is 0 Å². The second kappa shape index (κ2) is 6.64. The van der Waals surface area contributed by atoms with E-state index in [4.69, 9.17) is 5.73 Å². The Morgan fingerprint density at radius 3 is 2.59 bits per heavy atom. The van der Waals surface area contributed by atoms with Gasteiger partial charge in [-0.15, -0.1) is 0 Å². The van der Waals surface area contributed by atoms with E-state index < -0.39 is 29.5 Å². The van der Waals surface area contributed by atoms with E-state index in [0.29, 0.717) is 19.3 Å². The number of rotatable bonds is 4. The lowest BCUT2D eigenvalue weighted by atomic mass is 9.82. The van der Waals surface area contributed by atoms with Crippen molar-refractivity contribution in [2.45, 2.75) is 31.7 Å². The van der Waals surface area contributed by atoms with Gasteiger partial charge >= 0.3 is 0 Å². The lowest BCUT2D eigenvalue weighted by Gasteiger charge is -2.28. The van der Waals surface area contributed by atoms with E-state index in [0.717, 1.165) is 18.2 Å². The van der Waals surface area contributed by atoms with Crippen molar-refractivity contribution in [1.29, 1.82) is 0 Å². The molecule has 0 saturated heterocycles. The number of amides is 2. The van der Waals surface area contributed by atoms with Gasteiger partial charge in [-0.2, -0.15) is 0 Å². The minimum Gasteiger partial charge on any atom is -0.368 e. The molecule has 2 atom stereocenters. The smallest absolute Gasteiger partial charge is 0.252 e. The van der Waals surface area contributed by atoms with Gasteiger partial charge in [0.05, 0.1) is 0 Å². The van der Waals surface area contributed by atoms with Crippen molar-refractivity contribution in [2.24, 2.45) is 11.7 Å². The molecule has 118 valence electrons. The zero-order chi connectivity index (χ0) is 16.3. The number of ketones is 1. The molecule has 0 spiro atoms. The number of hydrogen-bond acceptors (Lipinski definition) is 3. The van der Waals surface area contributed by atoms with Crippen LogP contribution in [0.15, 0.2) is 18.2 Å². The maximum atomic E-state index is 13.2. The first-order valence-electron chi connectivity index (χ1n) is 6.95. The molecule has 1 aromatic carbocycles. The highest BCUT2D eigenvalue weighted by Crippen LogP contribution is 2.24. The lowest BCUT2D eigenvalue weighted by Crippen LogP contribution is -2.50. The third kappa shape index (κ3) is 3.66. The lowest BCUT2D eigenvalue weighted by molar-refractivity contribution is -0.124. The topological polar surface area (TPSA) is 89.3 Å². The second-order valence-corrected chi connectivity index (χ2v) is 5.38. The Bertz CT molecular complexity index is 619. The molecule has 2 amide bonds. The Hall–Kier alpha value is -2.31. The van der Waals surface area contributed by atoms with Crippen LogP contribution in [0.4, 0.5) is 8.78 Å². The van der Waals surface area contributed by atoms with Crippen molar-refractivity contribution in [2.75, 3.05) is 0 Å². The first kappa shape index (κ1) is 16.1. The molecule has 2 rings (SSSR count). The van der Waals surface area contributed by atoms with Gasteiger partial charge in [0, 0.05) is 18.4 Å². The molecule has 0 aliphatic heterocycles. The highest BCUT2D eigenvalue weighted by Gasteiger charge is 2.32. The molecule has 7 heteroatoms. The number of Topliss-reactive ketones (excluding diaryl/α,β-unsaturated/α-hetero) is 1. The van der Waals surface area contributed by atoms with Crippen LogP contribution in [0, 0.1) is 17.6 Å². The fourth-order valence-electron chi connectivity index (χ4n) is 2.63. The van der Waals surface area contributed by atoms with Gasteiger partial charge < -0.3 is 11.1 Å². The van der Waals surface area contributed by atoms with Crippen LogP contribution < -0.4 is 11.1 Å². The highest BCUT2D eigenvalue weighted by molar-refractivity contribution is 5.97. The Balaban J connectivity index is 2.13. The van der Waals surface area contributed by atoms with E-state index in [9.17, 15) is 23.2 Å². The summed E-state index contributed by atoms with van der Waals surface area (Å²) in [7, 11) is 0. The van der Waals surface area contributed by atoms with Crippen molar-refractivity contribution in [3.63, 3.8) is 0 Å². The van der Waals surface area contributed by atoms with Gasteiger partial charge in [0.1, 0.15) is 11.8 Å². The fourth-order valence-corrected chi connectivity index (χ4v) is 2.63. The summed E-state index contributed by atoms with van der Waals surface area (Å²) < 4.78 is 26.0. The molecular formula is C15H16F2N2O3. The molecule has 1 aliphatic rings. The molecule has 0 unspecified atom stereocenters. The molecule has 0 aromatic heterocycles. The summed E-state index contributed by atoms with van der Waals surface area (Å²) in [6, 6.07) is 1.67. The SMILES string of the molecule is NC(=O)[C@H](NC(=O)c1ccc(F)c(F)c1)[C@H]1CCCC(=O)C1. The Labute approximate surface area is 125 Å². The summed E-state index contributed by atoms with van der Waals surface area (Å²) in [5, 5.41) is 2.41. The number of benzene rings is 1. The zero-order valence-corrected chi connectivity index (χ0v) is 11.8. The van der Waals surface area contributed by atoms with Crippen LogP contribution in [0.25, 0.3) is 0 Å². The zero-order valence-electron chi connectivity index (χ0n) is 11.8. The predicted molar refractivity (Wildman–Crippen MR) is 73.8 cm³/mol. The van der Waals surface area contributed by atoms with E-state index >= 15 is 0 Å². The van der Waals surface area contributed by atoms with Gasteiger partial charge in [-0.25, -0.2) is 8.78 Å². The van der Waals surface area contributed by atoms with Crippen LogP contribution in [-0.4, -0.2) is 23.6 Å². The van der Waals surface area contributed by atoms with Gasteiger partial charge in [-0.3, -0.25) is 14.4 Å². The summed E-state index contributed by atoms with van der Waals surface area (Å²) in [5.41, 5.74) is 5.18. The molecule has 5 nitrogen and oxygen atoms in total. The maximum Gasteiger partial charge on any atom is 0.252 e. The summed E-state index contributed by atoms with van der Waals surface area (Å²) in [6.07, 6.45) is 1.86. The quantitative estimate of drug-likeness (QED) is 0.878. The minimum absolute atomic E-state index is 0.0181. The maximum absolute atomic E-state index is 13.2. The van der Waals surface area contributed by atoms with Crippen LogP contribution in [0.2, 0.25) is 0 Å². The van der Waals surface area contributed by atoms with E-state index in [1.165, 1.54) is 0 Å². The molecule has 0 bridgehead atoms. The number of hydrogen-bond donors (Lipinski definition) is 2. The van der Waals surface area contributed by atoms with Crippen LogP contribution in [0.5, 0.6) is 0 Å². The Kier molecular flexibility index (Phi) is 4.85. The van der Waals surface area contributed by atoms with E-state index in [1.807, 2.05) is 0 Å².